The van der Waals surface area contributed by atoms with Crippen LogP contribution in [0.4, 0.5) is 17.1 Å². The fourth-order valence-corrected chi connectivity index (χ4v) is 5.51. The SMILES string of the molecule is Bc1ccccc1N(c1ccccc1)c1ccc(-c2ccc3c(c2)C(C)(C)c2ccccc2-3)cc1. The molecule has 168 valence electrons. The van der Waals surface area contributed by atoms with Gasteiger partial charge in [-0.3, -0.25) is 0 Å². The van der Waals surface area contributed by atoms with Crippen molar-refractivity contribution in [3.05, 3.63) is 132 Å². The van der Waals surface area contributed by atoms with E-state index in [0.717, 1.165) is 11.4 Å². The molecule has 0 aliphatic heterocycles. The summed E-state index contributed by atoms with van der Waals surface area (Å²) in [6.45, 7) is 4.68. The first-order valence-electron chi connectivity index (χ1n) is 12.3. The molecule has 0 atom stereocenters. The maximum absolute atomic E-state index is 2.39. The summed E-state index contributed by atoms with van der Waals surface area (Å²) in [4.78, 5) is 2.33. The minimum absolute atomic E-state index is 0.0107. The Balaban J connectivity index is 1.40. The van der Waals surface area contributed by atoms with Crippen LogP contribution in [0.5, 0.6) is 0 Å². The van der Waals surface area contributed by atoms with Gasteiger partial charge in [-0.25, -0.2) is 0 Å². The summed E-state index contributed by atoms with van der Waals surface area (Å²) in [6, 6.07) is 43.9. The van der Waals surface area contributed by atoms with Gasteiger partial charge in [0.05, 0.1) is 0 Å². The number of fused-ring (bicyclic) bond motifs is 3. The fraction of sp³-hybridized carbons (Fsp3) is 0.0909. The number of benzene rings is 5. The zero-order chi connectivity index (χ0) is 24.0. The van der Waals surface area contributed by atoms with Crippen molar-refractivity contribution in [2.24, 2.45) is 0 Å². The van der Waals surface area contributed by atoms with Gasteiger partial charge in [0, 0.05) is 22.5 Å². The second kappa shape index (κ2) is 8.32. The summed E-state index contributed by atoms with van der Waals surface area (Å²) >= 11 is 0. The average molecular weight is 449 g/mol. The molecule has 0 aromatic heterocycles. The van der Waals surface area contributed by atoms with Gasteiger partial charge in [0.1, 0.15) is 7.85 Å². The molecule has 0 unspecified atom stereocenters. The van der Waals surface area contributed by atoms with Crippen LogP contribution in [-0.2, 0) is 5.41 Å². The number of rotatable bonds is 4. The largest absolute Gasteiger partial charge is 0.311 e. The molecule has 0 N–H and O–H groups in total. The highest BCUT2D eigenvalue weighted by molar-refractivity contribution is 6.36. The van der Waals surface area contributed by atoms with Crippen molar-refractivity contribution in [3.8, 4) is 22.3 Å². The Morgan fingerprint density at radius 3 is 1.91 bits per heavy atom. The molecule has 2 heteroatoms. The van der Waals surface area contributed by atoms with E-state index in [0.29, 0.717) is 0 Å². The van der Waals surface area contributed by atoms with Crippen molar-refractivity contribution in [3.63, 3.8) is 0 Å². The summed E-state index contributed by atoms with van der Waals surface area (Å²) in [6.07, 6.45) is 0. The lowest BCUT2D eigenvalue weighted by atomic mass is 9.81. The third-order valence-electron chi connectivity index (χ3n) is 7.41. The molecule has 0 fully saturated rings. The van der Waals surface area contributed by atoms with Gasteiger partial charge in [-0.1, -0.05) is 104 Å². The number of hydrogen-bond acceptors (Lipinski definition) is 1. The highest BCUT2D eigenvalue weighted by Gasteiger charge is 2.35. The molecule has 5 aromatic rings. The number of para-hydroxylation sites is 2. The maximum Gasteiger partial charge on any atom is 0.142 e. The second-order valence-electron chi connectivity index (χ2n) is 9.94. The summed E-state index contributed by atoms with van der Waals surface area (Å²) in [5.41, 5.74) is 12.8. The second-order valence-corrected chi connectivity index (χ2v) is 9.94. The van der Waals surface area contributed by atoms with E-state index in [2.05, 4.69) is 148 Å². The van der Waals surface area contributed by atoms with Crippen LogP contribution in [0.2, 0.25) is 0 Å². The van der Waals surface area contributed by atoms with E-state index in [1.54, 1.807) is 0 Å². The molecular formula is C33H28BN. The van der Waals surface area contributed by atoms with Gasteiger partial charge in [0.15, 0.2) is 0 Å². The average Bonchev–Trinajstić information content (AvgIpc) is 3.13. The van der Waals surface area contributed by atoms with Crippen molar-refractivity contribution in [1.82, 2.24) is 0 Å². The van der Waals surface area contributed by atoms with Crippen molar-refractivity contribution in [1.29, 1.82) is 0 Å². The normalized spacial score (nSPS) is 13.2. The number of nitrogens with zero attached hydrogens (tertiary/aromatic N) is 1. The predicted octanol–water partition coefficient (Wildman–Crippen LogP) is 7.39. The van der Waals surface area contributed by atoms with Crippen molar-refractivity contribution < 1.29 is 0 Å². The molecule has 1 aliphatic carbocycles. The van der Waals surface area contributed by atoms with E-state index in [-0.39, 0.29) is 5.41 Å². The first-order chi connectivity index (χ1) is 17.0. The Kier molecular flexibility index (Phi) is 5.11. The van der Waals surface area contributed by atoms with E-state index < -0.39 is 0 Å². The summed E-state index contributed by atoms with van der Waals surface area (Å²) < 4.78 is 0. The van der Waals surface area contributed by atoms with Crippen LogP contribution in [-0.4, -0.2) is 7.85 Å². The molecule has 0 saturated carbocycles. The molecule has 0 bridgehead atoms. The fourth-order valence-electron chi connectivity index (χ4n) is 5.51. The zero-order valence-electron chi connectivity index (χ0n) is 20.5. The predicted molar refractivity (Wildman–Crippen MR) is 152 cm³/mol. The van der Waals surface area contributed by atoms with Crippen LogP contribution in [0.15, 0.2) is 121 Å². The summed E-state index contributed by atoms with van der Waals surface area (Å²) in [5, 5.41) is 0. The zero-order valence-corrected chi connectivity index (χ0v) is 20.5. The number of hydrogen-bond donors (Lipinski definition) is 0. The molecule has 35 heavy (non-hydrogen) atoms. The van der Waals surface area contributed by atoms with Crippen molar-refractivity contribution in [2.75, 3.05) is 4.90 Å². The van der Waals surface area contributed by atoms with E-state index in [9.17, 15) is 0 Å². The minimum Gasteiger partial charge on any atom is -0.311 e. The van der Waals surface area contributed by atoms with Crippen LogP contribution >= 0.6 is 0 Å². The maximum atomic E-state index is 2.39. The smallest absolute Gasteiger partial charge is 0.142 e. The van der Waals surface area contributed by atoms with Gasteiger partial charge >= 0.3 is 0 Å². The van der Waals surface area contributed by atoms with Crippen LogP contribution < -0.4 is 10.4 Å². The van der Waals surface area contributed by atoms with Gasteiger partial charge in [-0.2, -0.15) is 0 Å². The van der Waals surface area contributed by atoms with Crippen molar-refractivity contribution in [2.45, 2.75) is 19.3 Å². The Hall–Kier alpha value is -4.04. The molecule has 0 heterocycles. The Labute approximate surface area is 209 Å². The van der Waals surface area contributed by atoms with Gasteiger partial charge in [0.2, 0.25) is 0 Å². The third-order valence-corrected chi connectivity index (χ3v) is 7.41. The van der Waals surface area contributed by atoms with E-state index >= 15 is 0 Å². The number of anilines is 3. The van der Waals surface area contributed by atoms with Crippen LogP contribution in [0.1, 0.15) is 25.0 Å². The van der Waals surface area contributed by atoms with E-state index in [4.69, 9.17) is 0 Å². The van der Waals surface area contributed by atoms with Crippen LogP contribution in [0.25, 0.3) is 22.3 Å². The Morgan fingerprint density at radius 2 is 1.14 bits per heavy atom. The quantitative estimate of drug-likeness (QED) is 0.259. The topological polar surface area (TPSA) is 3.24 Å². The highest BCUT2D eigenvalue weighted by Crippen LogP contribution is 2.49. The van der Waals surface area contributed by atoms with Gasteiger partial charge in [0.25, 0.3) is 0 Å². The molecule has 0 saturated heterocycles. The van der Waals surface area contributed by atoms with Crippen LogP contribution in [0.3, 0.4) is 0 Å². The first kappa shape index (κ1) is 21.5. The van der Waals surface area contributed by atoms with E-state index in [1.165, 1.54) is 44.5 Å². The summed E-state index contributed by atoms with van der Waals surface area (Å²) in [5.74, 6) is 0. The molecule has 6 rings (SSSR count). The monoisotopic (exact) mass is 449 g/mol. The minimum atomic E-state index is 0.0107. The Bertz CT molecular complexity index is 1520. The molecule has 1 nitrogen and oxygen atoms in total. The van der Waals surface area contributed by atoms with Gasteiger partial charge < -0.3 is 4.90 Å². The molecule has 5 aromatic carbocycles. The summed E-state index contributed by atoms with van der Waals surface area (Å²) in [7, 11) is 2.17. The molecule has 0 radical (unpaired) electrons. The molecular weight excluding hydrogens is 421 g/mol. The molecule has 0 amide bonds. The highest BCUT2D eigenvalue weighted by atomic mass is 15.1. The lowest BCUT2D eigenvalue weighted by Crippen LogP contribution is -2.18. The van der Waals surface area contributed by atoms with E-state index in [1.807, 2.05) is 0 Å². The molecule has 0 spiro atoms. The van der Waals surface area contributed by atoms with Gasteiger partial charge in [-0.15, -0.1) is 0 Å². The lowest BCUT2D eigenvalue weighted by Gasteiger charge is -2.27. The third kappa shape index (κ3) is 3.57. The molecule has 1 aliphatic rings. The van der Waals surface area contributed by atoms with Gasteiger partial charge in [-0.05, 0) is 69.8 Å². The van der Waals surface area contributed by atoms with Crippen LogP contribution in [0, 0.1) is 0 Å². The van der Waals surface area contributed by atoms with Crippen molar-refractivity contribution >= 4 is 30.4 Å². The first-order valence-corrected chi connectivity index (χ1v) is 12.3. The standard InChI is InChI=1S/C33H28BN/c1-33(2)29-13-7-6-12-27(29)28-21-18-24(22-30(28)33)23-16-19-26(20-17-23)35(25-10-4-3-5-11-25)32-15-9-8-14-31(32)34/h3-22H,34H2,1-2H3. The lowest BCUT2D eigenvalue weighted by molar-refractivity contribution is 0.660. The Morgan fingerprint density at radius 1 is 0.543 bits per heavy atom.